The molecular weight excluding hydrogens is 191 g/mol. The molecule has 1 rings (SSSR count). The summed E-state index contributed by atoms with van der Waals surface area (Å²) in [5, 5.41) is 0. The Morgan fingerprint density at radius 3 is 2.40 bits per heavy atom. The Morgan fingerprint density at radius 1 is 1.27 bits per heavy atom. The highest BCUT2D eigenvalue weighted by atomic mass is 19.1. The summed E-state index contributed by atoms with van der Waals surface area (Å²) in [6, 6.07) is 5.25. The molecule has 0 aliphatic heterocycles. The molecule has 0 saturated carbocycles. The Labute approximate surface area is 90.9 Å². The van der Waals surface area contributed by atoms with E-state index in [2.05, 4.69) is 18.7 Å². The number of benzene rings is 1. The van der Waals surface area contributed by atoms with Crippen LogP contribution in [-0.4, -0.2) is 18.0 Å². The van der Waals surface area contributed by atoms with Crippen molar-refractivity contribution in [3.63, 3.8) is 0 Å². The molecule has 0 atom stereocenters. The number of halogens is 1. The molecule has 0 aliphatic carbocycles. The molecule has 84 valence electrons. The lowest BCUT2D eigenvalue weighted by atomic mass is 10.1. The maximum atomic E-state index is 13.6. The first-order chi connectivity index (χ1) is 7.21. The van der Waals surface area contributed by atoms with Crippen LogP contribution >= 0.6 is 0 Å². The summed E-state index contributed by atoms with van der Waals surface area (Å²) in [6.07, 6.45) is 0. The van der Waals surface area contributed by atoms with Crippen LogP contribution in [-0.2, 0) is 13.1 Å². The number of nitrogens with zero attached hydrogens (tertiary/aromatic N) is 1. The van der Waals surface area contributed by atoms with E-state index < -0.39 is 0 Å². The number of hydrogen-bond donors (Lipinski definition) is 1. The summed E-state index contributed by atoms with van der Waals surface area (Å²) in [5.74, 6) is -0.148. The quantitative estimate of drug-likeness (QED) is 0.806. The number of nitrogens with two attached hydrogens (primary N) is 1. The molecular formula is C12H19FN2. The molecule has 0 amide bonds. The van der Waals surface area contributed by atoms with Crippen LogP contribution in [0.1, 0.15) is 25.0 Å². The Morgan fingerprint density at radius 2 is 1.93 bits per heavy atom. The fourth-order valence-electron chi connectivity index (χ4n) is 1.53. The summed E-state index contributed by atoms with van der Waals surface area (Å²) in [7, 11) is 0. The van der Waals surface area contributed by atoms with Gasteiger partial charge in [0.1, 0.15) is 5.82 Å². The first-order valence-corrected chi connectivity index (χ1v) is 5.41. The van der Waals surface area contributed by atoms with Crippen molar-refractivity contribution >= 4 is 0 Å². The van der Waals surface area contributed by atoms with Crippen molar-refractivity contribution in [3.8, 4) is 0 Å². The zero-order valence-electron chi connectivity index (χ0n) is 9.46. The number of hydrogen-bond acceptors (Lipinski definition) is 2. The van der Waals surface area contributed by atoms with Gasteiger partial charge >= 0.3 is 0 Å². The van der Waals surface area contributed by atoms with Crippen LogP contribution in [0.15, 0.2) is 18.2 Å². The lowest BCUT2D eigenvalue weighted by Gasteiger charge is -2.18. The van der Waals surface area contributed by atoms with Crippen molar-refractivity contribution in [1.29, 1.82) is 0 Å². The lowest BCUT2D eigenvalue weighted by Crippen LogP contribution is -2.22. The van der Waals surface area contributed by atoms with E-state index >= 15 is 0 Å². The largest absolute Gasteiger partial charge is 0.326 e. The van der Waals surface area contributed by atoms with Crippen molar-refractivity contribution in [2.24, 2.45) is 5.73 Å². The maximum Gasteiger partial charge on any atom is 0.128 e. The van der Waals surface area contributed by atoms with Crippen LogP contribution in [0.3, 0.4) is 0 Å². The third kappa shape index (κ3) is 3.29. The molecule has 2 nitrogen and oxygen atoms in total. The van der Waals surface area contributed by atoms with Gasteiger partial charge in [-0.05, 0) is 24.7 Å². The van der Waals surface area contributed by atoms with Crippen molar-refractivity contribution in [3.05, 3.63) is 35.1 Å². The average Bonchev–Trinajstić information content (AvgIpc) is 2.27. The second kappa shape index (κ2) is 5.83. The molecule has 0 saturated heterocycles. The van der Waals surface area contributed by atoms with Crippen LogP contribution in [0, 0.1) is 5.82 Å². The molecule has 0 aromatic heterocycles. The van der Waals surface area contributed by atoms with Gasteiger partial charge in [0.05, 0.1) is 0 Å². The van der Waals surface area contributed by atoms with E-state index in [0.717, 1.165) is 24.2 Å². The van der Waals surface area contributed by atoms with Crippen LogP contribution < -0.4 is 5.73 Å². The Hall–Kier alpha value is -0.930. The average molecular weight is 210 g/mol. The third-order valence-electron chi connectivity index (χ3n) is 2.64. The SMILES string of the molecule is CCN(CC)Cc1ccc(CN)cc1F. The van der Waals surface area contributed by atoms with Gasteiger partial charge in [-0.1, -0.05) is 26.0 Å². The molecule has 0 radical (unpaired) electrons. The molecule has 3 heteroatoms. The van der Waals surface area contributed by atoms with Crippen molar-refractivity contribution in [2.45, 2.75) is 26.9 Å². The topological polar surface area (TPSA) is 29.3 Å². The van der Waals surface area contributed by atoms with E-state index in [1.807, 2.05) is 12.1 Å². The first-order valence-electron chi connectivity index (χ1n) is 5.41. The summed E-state index contributed by atoms with van der Waals surface area (Å²) in [4.78, 5) is 2.18. The van der Waals surface area contributed by atoms with Gasteiger partial charge in [-0.25, -0.2) is 4.39 Å². The molecule has 15 heavy (non-hydrogen) atoms. The minimum Gasteiger partial charge on any atom is -0.326 e. The summed E-state index contributed by atoms with van der Waals surface area (Å²) in [6.45, 7) is 7.10. The highest BCUT2D eigenvalue weighted by Crippen LogP contribution is 2.12. The van der Waals surface area contributed by atoms with Gasteiger partial charge in [0.15, 0.2) is 0 Å². The summed E-state index contributed by atoms with van der Waals surface area (Å²) >= 11 is 0. The predicted molar refractivity (Wildman–Crippen MR) is 60.9 cm³/mol. The van der Waals surface area contributed by atoms with Crippen molar-refractivity contribution in [1.82, 2.24) is 4.90 Å². The van der Waals surface area contributed by atoms with E-state index in [1.165, 1.54) is 6.07 Å². The van der Waals surface area contributed by atoms with Gasteiger partial charge in [0.2, 0.25) is 0 Å². The highest BCUT2D eigenvalue weighted by Gasteiger charge is 2.06. The second-order valence-corrected chi connectivity index (χ2v) is 3.59. The minimum atomic E-state index is -0.148. The smallest absolute Gasteiger partial charge is 0.128 e. The zero-order chi connectivity index (χ0) is 11.3. The molecule has 0 aliphatic rings. The fraction of sp³-hybridized carbons (Fsp3) is 0.500. The maximum absolute atomic E-state index is 13.6. The zero-order valence-corrected chi connectivity index (χ0v) is 9.46. The standard InChI is InChI=1S/C12H19FN2/c1-3-15(4-2)9-11-6-5-10(8-14)7-12(11)13/h5-7H,3-4,8-9,14H2,1-2H3. The monoisotopic (exact) mass is 210 g/mol. The third-order valence-corrected chi connectivity index (χ3v) is 2.64. The van der Waals surface area contributed by atoms with E-state index in [0.29, 0.717) is 13.1 Å². The predicted octanol–water partition coefficient (Wildman–Crippen LogP) is 2.13. The Balaban J connectivity index is 2.77. The van der Waals surface area contributed by atoms with E-state index in [4.69, 9.17) is 5.73 Å². The molecule has 0 heterocycles. The minimum absolute atomic E-state index is 0.148. The van der Waals surface area contributed by atoms with Gasteiger partial charge in [0.25, 0.3) is 0 Å². The van der Waals surface area contributed by atoms with E-state index in [9.17, 15) is 4.39 Å². The fourth-order valence-corrected chi connectivity index (χ4v) is 1.53. The molecule has 1 aromatic carbocycles. The van der Waals surface area contributed by atoms with Gasteiger partial charge in [-0.3, -0.25) is 4.90 Å². The Bertz CT molecular complexity index is 308. The number of rotatable bonds is 5. The van der Waals surface area contributed by atoms with E-state index in [1.54, 1.807) is 0 Å². The normalized spacial score (nSPS) is 11.0. The van der Waals surface area contributed by atoms with Crippen LogP contribution in [0.5, 0.6) is 0 Å². The summed E-state index contributed by atoms with van der Waals surface area (Å²) in [5.41, 5.74) is 7.03. The molecule has 0 spiro atoms. The Kier molecular flexibility index (Phi) is 4.72. The molecule has 2 N–H and O–H groups in total. The second-order valence-electron chi connectivity index (χ2n) is 3.59. The molecule has 0 fully saturated rings. The van der Waals surface area contributed by atoms with E-state index in [-0.39, 0.29) is 5.82 Å². The lowest BCUT2D eigenvalue weighted by molar-refractivity contribution is 0.291. The summed E-state index contributed by atoms with van der Waals surface area (Å²) < 4.78 is 13.6. The highest BCUT2D eigenvalue weighted by molar-refractivity contribution is 5.24. The molecule has 0 bridgehead atoms. The van der Waals surface area contributed by atoms with Crippen LogP contribution in [0.25, 0.3) is 0 Å². The van der Waals surface area contributed by atoms with Gasteiger partial charge in [0, 0.05) is 18.7 Å². The van der Waals surface area contributed by atoms with Crippen molar-refractivity contribution in [2.75, 3.05) is 13.1 Å². The van der Waals surface area contributed by atoms with Gasteiger partial charge in [-0.15, -0.1) is 0 Å². The van der Waals surface area contributed by atoms with Gasteiger partial charge < -0.3 is 5.73 Å². The van der Waals surface area contributed by atoms with Crippen LogP contribution in [0.2, 0.25) is 0 Å². The first kappa shape index (κ1) is 12.1. The van der Waals surface area contributed by atoms with Gasteiger partial charge in [-0.2, -0.15) is 0 Å². The van der Waals surface area contributed by atoms with Crippen LogP contribution in [0.4, 0.5) is 4.39 Å². The molecule has 0 unspecified atom stereocenters. The molecule has 1 aromatic rings. The van der Waals surface area contributed by atoms with Crippen molar-refractivity contribution < 1.29 is 4.39 Å².